The van der Waals surface area contributed by atoms with Gasteiger partial charge < -0.3 is 4.90 Å². The molecule has 20 heavy (non-hydrogen) atoms. The fourth-order valence-electron chi connectivity index (χ4n) is 2.11. The minimum absolute atomic E-state index is 0.148. The van der Waals surface area contributed by atoms with Crippen LogP contribution in [0.15, 0.2) is 30.5 Å². The molecule has 0 radical (unpaired) electrons. The average Bonchev–Trinajstić information content (AvgIpc) is 2.42. The lowest BCUT2D eigenvalue weighted by atomic mass is 10.1. The number of benzene rings is 1. The predicted molar refractivity (Wildman–Crippen MR) is 70.4 cm³/mol. The van der Waals surface area contributed by atoms with Gasteiger partial charge in [0.15, 0.2) is 0 Å². The molecule has 0 saturated heterocycles. The lowest BCUT2D eigenvalue weighted by Crippen LogP contribution is -2.34. The van der Waals surface area contributed by atoms with Crippen LogP contribution < -0.4 is 4.90 Å². The number of nitriles is 1. The van der Waals surface area contributed by atoms with Crippen LogP contribution in [0.4, 0.5) is 18.9 Å². The highest BCUT2D eigenvalue weighted by molar-refractivity contribution is 5.94. The average molecular weight is 279 g/mol. The first-order chi connectivity index (χ1) is 9.46. The normalized spacial score (nSPS) is 11.3. The van der Waals surface area contributed by atoms with Crippen LogP contribution in [-0.2, 0) is 0 Å². The third-order valence-corrected chi connectivity index (χ3v) is 2.94. The molecule has 0 aliphatic rings. The highest BCUT2D eigenvalue weighted by Gasteiger charge is 2.31. The van der Waals surface area contributed by atoms with Crippen LogP contribution in [0.3, 0.4) is 0 Å². The number of anilines is 1. The van der Waals surface area contributed by atoms with E-state index in [1.807, 2.05) is 6.07 Å². The van der Waals surface area contributed by atoms with Crippen molar-refractivity contribution in [1.82, 2.24) is 4.98 Å². The first kappa shape index (κ1) is 14.1. The van der Waals surface area contributed by atoms with Gasteiger partial charge in [-0.25, -0.2) is 0 Å². The first-order valence-electron chi connectivity index (χ1n) is 6.06. The Balaban J connectivity index is 2.63. The Bertz CT molecular complexity index is 659. The van der Waals surface area contributed by atoms with E-state index in [0.29, 0.717) is 10.9 Å². The largest absolute Gasteiger partial charge is 0.405 e. The van der Waals surface area contributed by atoms with Crippen molar-refractivity contribution in [2.45, 2.75) is 13.1 Å². The quantitative estimate of drug-likeness (QED) is 0.863. The Morgan fingerprint density at radius 3 is 2.60 bits per heavy atom. The molecule has 0 saturated carbocycles. The van der Waals surface area contributed by atoms with E-state index in [-0.39, 0.29) is 17.8 Å². The number of para-hydroxylation sites is 1. The van der Waals surface area contributed by atoms with E-state index in [0.717, 1.165) is 4.90 Å². The molecule has 2 rings (SSSR count). The van der Waals surface area contributed by atoms with Gasteiger partial charge in [-0.15, -0.1) is 0 Å². The second-order valence-electron chi connectivity index (χ2n) is 4.28. The lowest BCUT2D eigenvalue weighted by molar-refractivity contribution is -0.119. The molecule has 2 aromatic rings. The number of hydrogen-bond acceptors (Lipinski definition) is 3. The second kappa shape index (κ2) is 5.37. The number of nitrogens with zero attached hydrogens (tertiary/aromatic N) is 3. The Morgan fingerprint density at radius 2 is 2.00 bits per heavy atom. The highest BCUT2D eigenvalue weighted by Crippen LogP contribution is 2.31. The molecule has 0 aliphatic carbocycles. The van der Waals surface area contributed by atoms with E-state index in [2.05, 4.69) is 4.98 Å². The molecule has 0 unspecified atom stereocenters. The van der Waals surface area contributed by atoms with Crippen molar-refractivity contribution >= 4 is 16.6 Å². The number of pyridine rings is 1. The van der Waals surface area contributed by atoms with Crippen molar-refractivity contribution in [2.75, 3.05) is 18.0 Å². The number of rotatable bonds is 3. The molecule has 0 aliphatic heterocycles. The summed E-state index contributed by atoms with van der Waals surface area (Å²) >= 11 is 0. The number of aromatic nitrogens is 1. The van der Waals surface area contributed by atoms with Crippen LogP contribution in [-0.4, -0.2) is 24.2 Å². The molecular weight excluding hydrogens is 267 g/mol. The number of fused-ring (bicyclic) bond motifs is 1. The number of hydrogen-bond donors (Lipinski definition) is 0. The zero-order valence-corrected chi connectivity index (χ0v) is 10.8. The third kappa shape index (κ3) is 2.82. The molecular formula is C14H12F3N3. The zero-order chi connectivity index (χ0) is 14.8. The summed E-state index contributed by atoms with van der Waals surface area (Å²) in [7, 11) is 0. The SMILES string of the molecule is CCN(CC(F)(F)F)c1c(C#N)cnc2ccccc12. The van der Waals surface area contributed by atoms with Gasteiger partial charge >= 0.3 is 6.18 Å². The second-order valence-corrected chi connectivity index (χ2v) is 4.28. The summed E-state index contributed by atoms with van der Waals surface area (Å²) in [6.45, 7) is 0.691. The fraction of sp³-hybridized carbons (Fsp3) is 0.286. The summed E-state index contributed by atoms with van der Waals surface area (Å²) in [5.74, 6) is 0. The van der Waals surface area contributed by atoms with Crippen LogP contribution in [0, 0.1) is 11.3 Å². The summed E-state index contributed by atoms with van der Waals surface area (Å²) in [5, 5.41) is 9.68. The molecule has 0 amide bonds. The first-order valence-corrected chi connectivity index (χ1v) is 6.06. The maximum atomic E-state index is 12.7. The van der Waals surface area contributed by atoms with Crippen LogP contribution in [0.5, 0.6) is 0 Å². The van der Waals surface area contributed by atoms with Gasteiger partial charge in [0.2, 0.25) is 0 Å². The Morgan fingerprint density at radius 1 is 1.30 bits per heavy atom. The van der Waals surface area contributed by atoms with Crippen LogP contribution in [0.1, 0.15) is 12.5 Å². The Hall–Kier alpha value is -2.29. The van der Waals surface area contributed by atoms with Gasteiger partial charge in [0, 0.05) is 18.1 Å². The van der Waals surface area contributed by atoms with E-state index < -0.39 is 12.7 Å². The summed E-state index contributed by atoms with van der Waals surface area (Å²) in [6, 6.07) is 8.78. The maximum Gasteiger partial charge on any atom is 0.405 e. The van der Waals surface area contributed by atoms with Gasteiger partial charge in [0.05, 0.1) is 16.8 Å². The Labute approximate surface area is 114 Å². The van der Waals surface area contributed by atoms with Gasteiger partial charge in [-0.1, -0.05) is 18.2 Å². The van der Waals surface area contributed by atoms with Crippen LogP contribution in [0.25, 0.3) is 10.9 Å². The Kier molecular flexibility index (Phi) is 3.79. The predicted octanol–water partition coefficient (Wildman–Crippen LogP) is 3.50. The molecule has 104 valence electrons. The minimum Gasteiger partial charge on any atom is -0.361 e. The molecule has 1 aromatic carbocycles. The molecule has 6 heteroatoms. The molecule has 1 aromatic heterocycles. The maximum absolute atomic E-state index is 12.7. The summed E-state index contributed by atoms with van der Waals surface area (Å²) < 4.78 is 38.0. The molecule has 0 fully saturated rings. The minimum atomic E-state index is -4.33. The molecule has 1 heterocycles. The molecule has 0 bridgehead atoms. The van der Waals surface area contributed by atoms with Crippen LogP contribution >= 0.6 is 0 Å². The van der Waals surface area contributed by atoms with Gasteiger partial charge in [-0.05, 0) is 13.0 Å². The van der Waals surface area contributed by atoms with Crippen molar-refractivity contribution in [3.63, 3.8) is 0 Å². The topological polar surface area (TPSA) is 39.9 Å². The van der Waals surface area contributed by atoms with Crippen molar-refractivity contribution < 1.29 is 13.2 Å². The summed E-state index contributed by atoms with van der Waals surface area (Å²) in [6.07, 6.45) is -3.01. The van der Waals surface area contributed by atoms with E-state index >= 15 is 0 Å². The number of halogens is 3. The van der Waals surface area contributed by atoms with Gasteiger partial charge in [-0.3, -0.25) is 4.98 Å². The van der Waals surface area contributed by atoms with Gasteiger partial charge in [-0.2, -0.15) is 18.4 Å². The zero-order valence-electron chi connectivity index (χ0n) is 10.8. The lowest BCUT2D eigenvalue weighted by Gasteiger charge is -2.26. The van der Waals surface area contributed by atoms with Crippen molar-refractivity contribution in [2.24, 2.45) is 0 Å². The van der Waals surface area contributed by atoms with Crippen molar-refractivity contribution in [3.8, 4) is 6.07 Å². The smallest absolute Gasteiger partial charge is 0.361 e. The summed E-state index contributed by atoms with van der Waals surface area (Å²) in [4.78, 5) is 5.25. The van der Waals surface area contributed by atoms with E-state index in [1.165, 1.54) is 6.20 Å². The van der Waals surface area contributed by atoms with Gasteiger partial charge in [0.1, 0.15) is 12.6 Å². The summed E-state index contributed by atoms with van der Waals surface area (Å²) in [5.41, 5.74) is 1.01. The molecule has 0 atom stereocenters. The standard InChI is InChI=1S/C14H12F3N3/c1-2-20(9-14(15,16)17)13-10(7-18)8-19-12-6-4-3-5-11(12)13/h3-6,8H,2,9H2,1H3. The van der Waals surface area contributed by atoms with E-state index in [1.54, 1.807) is 31.2 Å². The highest BCUT2D eigenvalue weighted by atomic mass is 19.4. The van der Waals surface area contributed by atoms with Crippen LogP contribution in [0.2, 0.25) is 0 Å². The fourth-order valence-corrected chi connectivity index (χ4v) is 2.11. The van der Waals surface area contributed by atoms with Crippen molar-refractivity contribution in [1.29, 1.82) is 5.26 Å². The van der Waals surface area contributed by atoms with Crippen molar-refractivity contribution in [3.05, 3.63) is 36.0 Å². The monoisotopic (exact) mass is 279 g/mol. The van der Waals surface area contributed by atoms with E-state index in [4.69, 9.17) is 5.26 Å². The number of alkyl halides is 3. The third-order valence-electron chi connectivity index (χ3n) is 2.94. The molecule has 0 N–H and O–H groups in total. The van der Waals surface area contributed by atoms with Gasteiger partial charge in [0.25, 0.3) is 0 Å². The van der Waals surface area contributed by atoms with E-state index in [9.17, 15) is 13.2 Å². The molecule has 0 spiro atoms. The molecule has 3 nitrogen and oxygen atoms in total.